The summed E-state index contributed by atoms with van der Waals surface area (Å²) in [6.07, 6.45) is 3.77. The minimum absolute atomic E-state index is 0.220. The molecule has 0 saturated carbocycles. The van der Waals surface area contributed by atoms with Crippen molar-refractivity contribution in [3.05, 3.63) is 23.8 Å². The second-order valence-corrected chi connectivity index (χ2v) is 5.04. The van der Waals surface area contributed by atoms with Crippen LogP contribution in [-0.2, 0) is 4.74 Å². The Morgan fingerprint density at radius 3 is 3.25 bits per heavy atom. The van der Waals surface area contributed by atoms with Gasteiger partial charge in [0.25, 0.3) is 11.7 Å². The van der Waals surface area contributed by atoms with Crippen molar-refractivity contribution >= 4 is 11.7 Å². The minimum atomic E-state index is -0.220. The molecule has 1 amide bonds. The first kappa shape index (κ1) is 13.0. The summed E-state index contributed by atoms with van der Waals surface area (Å²) in [5.74, 6) is 1.05. The highest BCUT2D eigenvalue weighted by molar-refractivity contribution is 5.91. The predicted octanol–water partition coefficient (Wildman–Crippen LogP) is 0.589. The molecular weight excluding hydrogens is 258 g/mol. The van der Waals surface area contributed by atoms with Crippen LogP contribution in [0, 0.1) is 12.8 Å². The number of aromatic nitrogens is 4. The maximum absolute atomic E-state index is 12.1. The van der Waals surface area contributed by atoms with E-state index in [0.717, 1.165) is 31.7 Å². The van der Waals surface area contributed by atoms with Crippen molar-refractivity contribution in [1.29, 1.82) is 0 Å². The van der Waals surface area contributed by atoms with Gasteiger partial charge < -0.3 is 10.1 Å². The molecule has 1 atom stereocenters. The second kappa shape index (κ2) is 5.54. The first-order valence-electron chi connectivity index (χ1n) is 6.78. The number of amides is 1. The van der Waals surface area contributed by atoms with Crippen LogP contribution < -0.4 is 5.32 Å². The molecule has 3 heterocycles. The number of rotatable bonds is 4. The summed E-state index contributed by atoms with van der Waals surface area (Å²) < 4.78 is 6.91. The van der Waals surface area contributed by atoms with Crippen molar-refractivity contribution in [3.8, 4) is 0 Å². The summed E-state index contributed by atoms with van der Waals surface area (Å²) in [7, 11) is 0. The van der Waals surface area contributed by atoms with Crippen molar-refractivity contribution in [2.24, 2.45) is 5.92 Å². The molecule has 0 bridgehead atoms. The topological polar surface area (TPSA) is 81.4 Å². The molecular formula is C13H17N5O2. The molecule has 3 rings (SSSR count). The lowest BCUT2D eigenvalue weighted by molar-refractivity contribution is 0.0939. The molecule has 2 aromatic heterocycles. The van der Waals surface area contributed by atoms with Gasteiger partial charge in [0.1, 0.15) is 0 Å². The normalized spacial score (nSPS) is 18.6. The van der Waals surface area contributed by atoms with Gasteiger partial charge in [0.2, 0.25) is 5.82 Å². The zero-order valence-electron chi connectivity index (χ0n) is 11.4. The van der Waals surface area contributed by atoms with Crippen LogP contribution in [-0.4, -0.2) is 45.2 Å². The molecule has 2 aromatic rings. The fourth-order valence-electron chi connectivity index (χ4n) is 2.31. The highest BCUT2D eigenvalue weighted by Gasteiger charge is 2.17. The summed E-state index contributed by atoms with van der Waals surface area (Å²) >= 11 is 0. The van der Waals surface area contributed by atoms with Gasteiger partial charge in [-0.1, -0.05) is 0 Å². The Balaban J connectivity index is 1.63. The van der Waals surface area contributed by atoms with E-state index in [0.29, 0.717) is 18.2 Å². The molecule has 1 aliphatic rings. The second-order valence-electron chi connectivity index (χ2n) is 5.04. The lowest BCUT2D eigenvalue weighted by Gasteiger charge is -2.07. The van der Waals surface area contributed by atoms with E-state index >= 15 is 0 Å². The molecule has 7 heteroatoms. The third-order valence-electron chi connectivity index (χ3n) is 3.48. The Morgan fingerprint density at radius 2 is 2.45 bits per heavy atom. The number of carbonyl (C=O) groups excluding carboxylic acids is 1. The number of carbonyl (C=O) groups is 1. The highest BCUT2D eigenvalue weighted by Crippen LogP contribution is 2.15. The van der Waals surface area contributed by atoms with Crippen LogP contribution >= 0.6 is 0 Å². The van der Waals surface area contributed by atoms with E-state index in [9.17, 15) is 4.79 Å². The molecule has 106 valence electrons. The molecule has 0 aliphatic carbocycles. The van der Waals surface area contributed by atoms with E-state index in [1.165, 1.54) is 0 Å². The first-order valence-corrected chi connectivity index (χ1v) is 6.78. The number of nitrogens with zero attached hydrogens (tertiary/aromatic N) is 4. The van der Waals surface area contributed by atoms with Crippen LogP contribution in [0.25, 0.3) is 5.78 Å². The van der Waals surface area contributed by atoms with E-state index in [1.54, 1.807) is 10.6 Å². The molecule has 0 radical (unpaired) electrons. The highest BCUT2D eigenvalue weighted by atomic mass is 16.5. The van der Waals surface area contributed by atoms with Crippen molar-refractivity contribution in [2.75, 3.05) is 19.8 Å². The van der Waals surface area contributed by atoms with Crippen molar-refractivity contribution < 1.29 is 9.53 Å². The molecule has 1 saturated heterocycles. The Kier molecular flexibility index (Phi) is 3.60. The van der Waals surface area contributed by atoms with Crippen LogP contribution in [0.15, 0.2) is 12.3 Å². The maximum atomic E-state index is 12.1. The Bertz CT molecular complexity index is 618. The van der Waals surface area contributed by atoms with Gasteiger partial charge in [0, 0.05) is 31.6 Å². The Hall–Kier alpha value is -2.02. The summed E-state index contributed by atoms with van der Waals surface area (Å²) in [6, 6.07) is 1.82. The lowest BCUT2D eigenvalue weighted by Crippen LogP contribution is -2.27. The monoisotopic (exact) mass is 275 g/mol. The summed E-state index contributed by atoms with van der Waals surface area (Å²) in [5.41, 5.74) is 0.845. The van der Waals surface area contributed by atoms with Crippen molar-refractivity contribution in [2.45, 2.75) is 19.8 Å². The number of ether oxygens (including phenoxy) is 1. The average molecular weight is 275 g/mol. The molecule has 1 unspecified atom stereocenters. The smallest absolute Gasteiger partial charge is 0.289 e. The molecule has 7 nitrogen and oxygen atoms in total. The van der Waals surface area contributed by atoms with E-state index < -0.39 is 0 Å². The van der Waals surface area contributed by atoms with Crippen molar-refractivity contribution in [3.63, 3.8) is 0 Å². The number of hydrogen-bond acceptors (Lipinski definition) is 5. The van der Waals surface area contributed by atoms with Gasteiger partial charge in [0.15, 0.2) is 0 Å². The lowest BCUT2D eigenvalue weighted by atomic mass is 10.1. The molecule has 1 aliphatic heterocycles. The number of nitrogens with one attached hydrogen (secondary N) is 1. The molecule has 0 spiro atoms. The number of fused-ring (bicyclic) bond motifs is 1. The minimum Gasteiger partial charge on any atom is -0.381 e. The van der Waals surface area contributed by atoms with E-state index in [1.807, 2.05) is 13.0 Å². The average Bonchev–Trinajstić information content (AvgIpc) is 3.07. The molecule has 1 N–H and O–H groups in total. The van der Waals surface area contributed by atoms with Gasteiger partial charge in [-0.05, 0) is 31.7 Å². The molecule has 0 aromatic carbocycles. The fourth-order valence-corrected chi connectivity index (χ4v) is 2.31. The summed E-state index contributed by atoms with van der Waals surface area (Å²) in [5, 5.41) is 10.7. The zero-order valence-corrected chi connectivity index (χ0v) is 11.4. The van der Waals surface area contributed by atoms with Gasteiger partial charge in [0.05, 0.1) is 0 Å². The van der Waals surface area contributed by atoms with Crippen LogP contribution in [0.5, 0.6) is 0 Å². The van der Waals surface area contributed by atoms with Gasteiger partial charge in [-0.25, -0.2) is 4.98 Å². The van der Waals surface area contributed by atoms with Crippen molar-refractivity contribution in [1.82, 2.24) is 24.9 Å². The van der Waals surface area contributed by atoms with Crippen LogP contribution in [0.1, 0.15) is 29.2 Å². The number of aryl methyl sites for hydroxylation is 1. The van der Waals surface area contributed by atoms with E-state index in [4.69, 9.17) is 4.74 Å². The quantitative estimate of drug-likeness (QED) is 0.883. The third kappa shape index (κ3) is 2.62. The van der Waals surface area contributed by atoms with Crippen LogP contribution in [0.4, 0.5) is 0 Å². The summed E-state index contributed by atoms with van der Waals surface area (Å²) in [6.45, 7) is 4.13. The molecule has 20 heavy (non-hydrogen) atoms. The van der Waals surface area contributed by atoms with E-state index in [-0.39, 0.29) is 11.7 Å². The van der Waals surface area contributed by atoms with Gasteiger partial charge in [-0.2, -0.15) is 0 Å². The predicted molar refractivity (Wildman–Crippen MR) is 71.4 cm³/mol. The largest absolute Gasteiger partial charge is 0.381 e. The Morgan fingerprint density at radius 1 is 1.55 bits per heavy atom. The first-order chi connectivity index (χ1) is 9.74. The Labute approximate surface area is 116 Å². The van der Waals surface area contributed by atoms with Gasteiger partial charge >= 0.3 is 0 Å². The third-order valence-corrected chi connectivity index (χ3v) is 3.48. The standard InChI is InChI=1S/C13H17N5O2/c1-9-3-6-18-11(16-17-13(18)15-9)12(19)14-5-2-10-4-7-20-8-10/h3,6,10H,2,4-5,7-8H2,1H3,(H,14,19). The van der Waals surface area contributed by atoms with Crippen LogP contribution in [0.3, 0.4) is 0 Å². The maximum Gasteiger partial charge on any atom is 0.289 e. The zero-order chi connectivity index (χ0) is 13.9. The number of hydrogen-bond donors (Lipinski definition) is 1. The van der Waals surface area contributed by atoms with E-state index in [2.05, 4.69) is 20.5 Å². The van der Waals surface area contributed by atoms with Gasteiger partial charge in [-0.15, -0.1) is 10.2 Å². The SMILES string of the molecule is Cc1ccn2c(C(=O)NCCC3CCOC3)nnc2n1. The fraction of sp³-hybridized carbons (Fsp3) is 0.538. The van der Waals surface area contributed by atoms with Gasteiger partial charge in [-0.3, -0.25) is 9.20 Å². The summed E-state index contributed by atoms with van der Waals surface area (Å²) in [4.78, 5) is 16.3. The molecule has 1 fully saturated rings. The van der Waals surface area contributed by atoms with Crippen LogP contribution in [0.2, 0.25) is 0 Å².